The molecule has 3 nitrogen and oxygen atoms in total. The van der Waals surface area contributed by atoms with Crippen LogP contribution in [0.3, 0.4) is 0 Å². The van der Waals surface area contributed by atoms with Crippen molar-refractivity contribution >= 4 is 10.1 Å². The van der Waals surface area contributed by atoms with E-state index in [4.69, 9.17) is 4.55 Å². The number of rotatable bonds is 8. The van der Waals surface area contributed by atoms with Crippen molar-refractivity contribution < 1.29 is 87.6 Å². The summed E-state index contributed by atoms with van der Waals surface area (Å²) in [5, 5.41) is 0. The first-order chi connectivity index (χ1) is 12.5. The molecule has 0 fully saturated rings. The summed E-state index contributed by atoms with van der Waals surface area (Å²) in [7, 11) is -6.49. The van der Waals surface area contributed by atoms with Crippen molar-refractivity contribution in [2.24, 2.45) is 0 Å². The minimum absolute atomic E-state index is 3.90. The predicted octanol–water partition coefficient (Wildman–Crippen LogP) is 4.88. The Balaban J connectivity index is 6.77. The highest BCUT2D eigenvalue weighted by Crippen LogP contribution is 2.63. The predicted molar refractivity (Wildman–Crippen MR) is 57.1 cm³/mol. The zero-order valence-corrected chi connectivity index (χ0v) is 13.6. The zero-order valence-electron chi connectivity index (χ0n) is 12.8. The molecular formula is C9H3F17O3S. The second-order valence-corrected chi connectivity index (χ2v) is 6.83. The number of alkyl halides is 17. The van der Waals surface area contributed by atoms with Gasteiger partial charge in [-0.2, -0.15) is 83.1 Å². The largest absolute Gasteiger partial charge is 0.460 e. The molecule has 0 aliphatic heterocycles. The molecule has 0 aromatic heterocycles. The third-order valence-electron chi connectivity index (χ3n) is 3.15. The topological polar surface area (TPSA) is 54.4 Å². The minimum Gasteiger partial charge on any atom is -0.285 e. The van der Waals surface area contributed by atoms with E-state index >= 15 is 0 Å². The molecule has 0 saturated carbocycles. The molecule has 0 radical (unpaired) electrons. The maximum atomic E-state index is 13.2. The van der Waals surface area contributed by atoms with Gasteiger partial charge in [0.2, 0.25) is 0 Å². The highest BCUT2D eigenvalue weighted by atomic mass is 32.2. The van der Waals surface area contributed by atoms with E-state index in [-0.39, 0.29) is 0 Å². The Bertz CT molecular complexity index is 749. The van der Waals surface area contributed by atoms with Crippen LogP contribution < -0.4 is 0 Å². The summed E-state index contributed by atoms with van der Waals surface area (Å²) in [6.07, 6.45) is -7.86. The molecule has 182 valence electrons. The van der Waals surface area contributed by atoms with Crippen LogP contribution in [0.4, 0.5) is 74.6 Å². The van der Waals surface area contributed by atoms with Crippen molar-refractivity contribution in [2.75, 3.05) is 5.75 Å². The Kier molecular flexibility index (Phi) is 6.57. The lowest BCUT2D eigenvalue weighted by Gasteiger charge is -2.42. The Hall–Kier alpha value is -1.28. The van der Waals surface area contributed by atoms with E-state index in [0.29, 0.717) is 0 Å². The Morgan fingerprint density at radius 1 is 0.467 bits per heavy atom. The molecule has 0 aliphatic rings. The van der Waals surface area contributed by atoms with Gasteiger partial charge in [-0.3, -0.25) is 4.55 Å². The molecule has 0 bridgehead atoms. The van der Waals surface area contributed by atoms with Crippen molar-refractivity contribution in [2.45, 2.75) is 47.6 Å². The summed E-state index contributed by atoms with van der Waals surface area (Å²) in [5.74, 6) is -62.3. The molecule has 0 rings (SSSR count). The standard InChI is InChI=1S/C9H3F17O3S/c10-2(11,1-30(27,28)29)3(12,13)4(14,15)5(16,17)6(18,19)7(20,21)8(22,23)9(24,25)26/h1H2,(H,27,28,29). The van der Waals surface area contributed by atoms with Gasteiger partial charge in [0.05, 0.1) is 0 Å². The molecule has 0 aromatic rings. The van der Waals surface area contributed by atoms with Gasteiger partial charge in [0.15, 0.2) is 0 Å². The first kappa shape index (κ1) is 28.7. The van der Waals surface area contributed by atoms with Gasteiger partial charge in [-0.25, -0.2) is 0 Å². The fraction of sp³-hybridized carbons (Fsp3) is 1.00. The summed E-state index contributed by atoms with van der Waals surface area (Å²) < 4.78 is 245. The van der Waals surface area contributed by atoms with Gasteiger partial charge in [-0.15, -0.1) is 0 Å². The monoisotopic (exact) mass is 514 g/mol. The van der Waals surface area contributed by atoms with E-state index < -0.39 is 63.5 Å². The first-order valence-electron chi connectivity index (χ1n) is 6.12. The van der Waals surface area contributed by atoms with Crippen LogP contribution in [0.5, 0.6) is 0 Å². The van der Waals surface area contributed by atoms with E-state index in [2.05, 4.69) is 0 Å². The Morgan fingerprint density at radius 2 is 0.700 bits per heavy atom. The van der Waals surface area contributed by atoms with Crippen molar-refractivity contribution in [1.29, 1.82) is 0 Å². The van der Waals surface area contributed by atoms with Gasteiger partial charge >= 0.3 is 47.6 Å². The summed E-state index contributed by atoms with van der Waals surface area (Å²) in [4.78, 5) is 0. The minimum atomic E-state index is -8.79. The van der Waals surface area contributed by atoms with Gasteiger partial charge in [0.25, 0.3) is 10.1 Å². The van der Waals surface area contributed by atoms with Crippen molar-refractivity contribution in [3.05, 3.63) is 0 Å². The molecule has 0 atom stereocenters. The summed E-state index contributed by atoms with van der Waals surface area (Å²) >= 11 is 0. The van der Waals surface area contributed by atoms with Crippen molar-refractivity contribution in [3.8, 4) is 0 Å². The highest BCUT2D eigenvalue weighted by Gasteiger charge is 2.95. The summed E-state index contributed by atoms with van der Waals surface area (Å²) in [6.45, 7) is 0. The molecule has 1 N–H and O–H groups in total. The zero-order chi connectivity index (χ0) is 25.2. The number of hydrogen-bond donors (Lipinski definition) is 1. The second kappa shape index (κ2) is 6.86. The van der Waals surface area contributed by atoms with Crippen LogP contribution in [0.2, 0.25) is 0 Å². The van der Waals surface area contributed by atoms with Gasteiger partial charge in [-0.1, -0.05) is 0 Å². The Labute approximate surface area is 152 Å². The average Bonchev–Trinajstić information content (AvgIpc) is 2.41. The smallest absolute Gasteiger partial charge is 0.285 e. The first-order valence-corrected chi connectivity index (χ1v) is 7.73. The van der Waals surface area contributed by atoms with E-state index in [1.165, 1.54) is 0 Å². The lowest BCUT2D eigenvalue weighted by molar-refractivity contribution is -0.460. The fourth-order valence-corrected chi connectivity index (χ4v) is 2.16. The number of halogens is 17. The fourth-order valence-electron chi connectivity index (χ4n) is 1.52. The molecule has 0 amide bonds. The van der Waals surface area contributed by atoms with Gasteiger partial charge in [0, 0.05) is 0 Å². The molecule has 0 spiro atoms. The quantitative estimate of drug-likeness (QED) is 0.371. The molecule has 30 heavy (non-hydrogen) atoms. The third-order valence-corrected chi connectivity index (χ3v) is 3.88. The van der Waals surface area contributed by atoms with Crippen molar-refractivity contribution in [1.82, 2.24) is 0 Å². The van der Waals surface area contributed by atoms with E-state index in [9.17, 15) is 83.1 Å². The second-order valence-electron chi connectivity index (χ2n) is 5.37. The molecular weight excluding hydrogens is 511 g/mol. The number of hydrogen-bond acceptors (Lipinski definition) is 2. The van der Waals surface area contributed by atoms with Crippen LogP contribution >= 0.6 is 0 Å². The molecule has 0 aliphatic carbocycles. The van der Waals surface area contributed by atoms with E-state index in [0.717, 1.165) is 0 Å². The van der Waals surface area contributed by atoms with Gasteiger partial charge < -0.3 is 0 Å². The molecule has 0 aromatic carbocycles. The van der Waals surface area contributed by atoms with E-state index in [1.807, 2.05) is 0 Å². The highest BCUT2D eigenvalue weighted by molar-refractivity contribution is 7.85. The maximum Gasteiger partial charge on any atom is 0.460 e. The Morgan fingerprint density at radius 3 is 0.933 bits per heavy atom. The van der Waals surface area contributed by atoms with Crippen LogP contribution in [-0.4, -0.2) is 66.4 Å². The van der Waals surface area contributed by atoms with Gasteiger partial charge in [-0.05, 0) is 0 Å². The van der Waals surface area contributed by atoms with Crippen LogP contribution in [0, 0.1) is 0 Å². The summed E-state index contributed by atoms with van der Waals surface area (Å²) in [6, 6.07) is 0. The lowest BCUT2D eigenvalue weighted by Crippen LogP contribution is -2.74. The average molecular weight is 514 g/mol. The lowest BCUT2D eigenvalue weighted by atomic mass is 9.89. The third kappa shape index (κ3) is 3.85. The molecule has 0 heterocycles. The SMILES string of the molecule is O=S(=O)(O)CC(F)(F)C(F)(F)C(F)(F)C(F)(F)C(F)(F)C(F)(F)C(F)(F)C(F)(F)F. The molecule has 0 saturated heterocycles. The normalized spacial score (nSPS) is 16.7. The molecule has 0 unspecified atom stereocenters. The van der Waals surface area contributed by atoms with Crippen LogP contribution in [0.1, 0.15) is 0 Å². The van der Waals surface area contributed by atoms with Crippen molar-refractivity contribution in [3.63, 3.8) is 0 Å². The summed E-state index contributed by atoms with van der Waals surface area (Å²) in [5.41, 5.74) is 0. The molecule has 21 heteroatoms. The van der Waals surface area contributed by atoms with E-state index in [1.54, 1.807) is 0 Å². The van der Waals surface area contributed by atoms with Crippen LogP contribution in [-0.2, 0) is 10.1 Å². The van der Waals surface area contributed by atoms with Crippen LogP contribution in [0.15, 0.2) is 0 Å². The maximum absolute atomic E-state index is 13.2. The van der Waals surface area contributed by atoms with Gasteiger partial charge in [0.1, 0.15) is 5.75 Å². The van der Waals surface area contributed by atoms with Crippen LogP contribution in [0.25, 0.3) is 0 Å².